The molecular weight excluding hydrogens is 448 g/mol. The number of likely N-dealkylation sites (N-methyl/N-ethyl adjacent to an activating group) is 1. The summed E-state index contributed by atoms with van der Waals surface area (Å²) >= 11 is 0. The summed E-state index contributed by atoms with van der Waals surface area (Å²) in [4.78, 5) is 15.5. The fourth-order valence-electron chi connectivity index (χ4n) is 4.21. The largest absolute Gasteiger partial charge is 0.324 e. The lowest BCUT2D eigenvalue weighted by molar-refractivity contribution is 0.236. The number of nitrogens with one attached hydrogen (secondary N) is 2. The maximum absolute atomic E-state index is 12.0. The topological polar surface area (TPSA) is 119 Å². The molecule has 3 heterocycles. The van der Waals surface area contributed by atoms with Crippen molar-refractivity contribution in [3.63, 3.8) is 0 Å². The van der Waals surface area contributed by atoms with E-state index in [0.717, 1.165) is 18.8 Å². The molecule has 10 heteroatoms. The van der Waals surface area contributed by atoms with Gasteiger partial charge in [-0.25, -0.2) is 14.2 Å². The van der Waals surface area contributed by atoms with Crippen LogP contribution in [0.2, 0.25) is 0 Å². The van der Waals surface area contributed by atoms with E-state index < -0.39 is 9.73 Å². The van der Waals surface area contributed by atoms with Crippen molar-refractivity contribution < 1.29 is 4.21 Å². The van der Waals surface area contributed by atoms with E-state index in [-0.39, 0.29) is 11.0 Å². The van der Waals surface area contributed by atoms with Crippen LogP contribution < -0.4 is 10.6 Å². The van der Waals surface area contributed by atoms with Crippen molar-refractivity contribution in [2.24, 2.45) is 4.36 Å². The Bertz CT molecular complexity index is 1390. The summed E-state index contributed by atoms with van der Waals surface area (Å²) in [7, 11) is -0.218. The van der Waals surface area contributed by atoms with Crippen LogP contribution in [0.5, 0.6) is 0 Å². The second-order valence-electron chi connectivity index (χ2n) is 9.40. The first kappa shape index (κ1) is 23.6. The summed E-state index contributed by atoms with van der Waals surface area (Å²) in [6.45, 7) is 6.40. The molecule has 2 aromatic heterocycles. The number of aromatic nitrogens is 3. The number of pyridine rings is 1. The predicted molar refractivity (Wildman–Crippen MR) is 135 cm³/mol. The average molecular weight is 477 g/mol. The van der Waals surface area contributed by atoms with Crippen molar-refractivity contribution in [1.29, 1.82) is 5.26 Å². The Kier molecular flexibility index (Phi) is 6.25. The molecule has 0 fully saturated rings. The lowest BCUT2D eigenvalue weighted by Crippen LogP contribution is -2.39. The van der Waals surface area contributed by atoms with Gasteiger partial charge in [0.05, 0.1) is 6.20 Å². The quantitative estimate of drug-likeness (QED) is 0.559. The average Bonchev–Trinajstić information content (AvgIpc) is 2.72. The highest BCUT2D eigenvalue weighted by atomic mass is 32.2. The standard InChI is InChI=1S/C24H28N8OS/c1-24(2)15-32(3)14-16-11-18(9-10-19(16)24)27-23-26-13-17(12-25)22(30-23)29-20-7-6-8-21(28-20)31-34(4,5)33/h6-11,13H,14-15H2,1-5H3,(H2,26,27,28,29,30). The van der Waals surface area contributed by atoms with Crippen molar-refractivity contribution >= 4 is 38.8 Å². The number of nitrogens with zero attached hydrogens (tertiary/aromatic N) is 6. The normalized spacial score (nSPS) is 15.2. The van der Waals surface area contributed by atoms with E-state index in [1.807, 2.05) is 6.07 Å². The van der Waals surface area contributed by atoms with Gasteiger partial charge in [0.15, 0.2) is 11.6 Å². The molecule has 1 aliphatic heterocycles. The van der Waals surface area contributed by atoms with Gasteiger partial charge in [-0.3, -0.25) is 0 Å². The minimum Gasteiger partial charge on any atom is -0.324 e. The fraction of sp³-hybridized carbons (Fsp3) is 0.333. The van der Waals surface area contributed by atoms with Gasteiger partial charge in [-0.1, -0.05) is 26.0 Å². The lowest BCUT2D eigenvalue weighted by atomic mass is 9.78. The van der Waals surface area contributed by atoms with Crippen molar-refractivity contribution in [2.75, 3.05) is 36.7 Å². The molecule has 34 heavy (non-hydrogen) atoms. The summed E-state index contributed by atoms with van der Waals surface area (Å²) in [5.74, 6) is 1.45. The number of benzene rings is 1. The van der Waals surface area contributed by atoms with Gasteiger partial charge in [-0.2, -0.15) is 14.6 Å². The van der Waals surface area contributed by atoms with Crippen LogP contribution in [0, 0.1) is 11.3 Å². The number of nitriles is 1. The van der Waals surface area contributed by atoms with Crippen LogP contribution >= 0.6 is 0 Å². The molecular formula is C24H28N8OS. The molecule has 3 aromatic rings. The second kappa shape index (κ2) is 9.00. The highest BCUT2D eigenvalue weighted by molar-refractivity contribution is 7.92. The van der Waals surface area contributed by atoms with E-state index in [2.05, 4.69) is 73.9 Å². The van der Waals surface area contributed by atoms with Gasteiger partial charge in [0.1, 0.15) is 17.5 Å². The Labute approximate surface area is 200 Å². The van der Waals surface area contributed by atoms with Gasteiger partial charge in [0.2, 0.25) is 5.95 Å². The fourth-order valence-corrected chi connectivity index (χ4v) is 4.76. The maximum atomic E-state index is 12.0. The Balaban J connectivity index is 1.61. The van der Waals surface area contributed by atoms with E-state index in [0.29, 0.717) is 23.4 Å². The summed E-state index contributed by atoms with van der Waals surface area (Å²) in [6, 6.07) is 13.6. The smallest absolute Gasteiger partial charge is 0.229 e. The minimum absolute atomic E-state index is 0.0829. The van der Waals surface area contributed by atoms with E-state index >= 15 is 0 Å². The molecule has 0 bridgehead atoms. The second-order valence-corrected chi connectivity index (χ2v) is 11.9. The molecule has 0 atom stereocenters. The lowest BCUT2D eigenvalue weighted by Gasteiger charge is -2.38. The third-order valence-electron chi connectivity index (χ3n) is 5.40. The molecule has 4 rings (SSSR count). The van der Waals surface area contributed by atoms with Crippen molar-refractivity contribution in [2.45, 2.75) is 25.8 Å². The molecule has 0 saturated carbocycles. The molecule has 9 nitrogen and oxygen atoms in total. The van der Waals surface area contributed by atoms with Crippen LogP contribution in [0.1, 0.15) is 30.5 Å². The molecule has 0 radical (unpaired) electrons. The summed E-state index contributed by atoms with van der Waals surface area (Å²) < 4.78 is 16.1. The third-order valence-corrected chi connectivity index (χ3v) is 6.03. The van der Waals surface area contributed by atoms with Gasteiger partial charge in [-0.05, 0) is 42.4 Å². The van der Waals surface area contributed by atoms with E-state index in [9.17, 15) is 9.47 Å². The zero-order valence-electron chi connectivity index (χ0n) is 20.0. The van der Waals surface area contributed by atoms with Gasteiger partial charge in [-0.15, -0.1) is 0 Å². The van der Waals surface area contributed by atoms with E-state index in [1.165, 1.54) is 17.3 Å². The molecule has 1 aliphatic rings. The third kappa shape index (κ3) is 5.50. The van der Waals surface area contributed by atoms with Crippen molar-refractivity contribution in [3.05, 3.63) is 59.3 Å². The van der Waals surface area contributed by atoms with Crippen LogP contribution in [0.4, 0.5) is 29.1 Å². The Morgan fingerprint density at radius 1 is 1.18 bits per heavy atom. The summed E-state index contributed by atoms with van der Waals surface area (Å²) in [6.07, 6.45) is 4.56. The molecule has 0 amide bonds. The van der Waals surface area contributed by atoms with Gasteiger partial charge >= 0.3 is 0 Å². The molecule has 2 N–H and O–H groups in total. The molecule has 176 valence electrons. The van der Waals surface area contributed by atoms with E-state index in [1.54, 1.807) is 30.7 Å². The van der Waals surface area contributed by atoms with Crippen LogP contribution in [0.15, 0.2) is 47.0 Å². The van der Waals surface area contributed by atoms with Crippen LogP contribution in [0.3, 0.4) is 0 Å². The maximum Gasteiger partial charge on any atom is 0.229 e. The van der Waals surface area contributed by atoms with Gasteiger partial charge < -0.3 is 15.5 Å². The highest BCUT2D eigenvalue weighted by Gasteiger charge is 2.30. The highest BCUT2D eigenvalue weighted by Crippen LogP contribution is 2.34. The first-order valence-electron chi connectivity index (χ1n) is 10.8. The summed E-state index contributed by atoms with van der Waals surface area (Å²) in [5.41, 5.74) is 3.85. The predicted octanol–water partition coefficient (Wildman–Crippen LogP) is 4.31. The molecule has 1 aromatic carbocycles. The number of anilines is 4. The number of hydrogen-bond donors (Lipinski definition) is 2. The molecule has 0 aliphatic carbocycles. The Morgan fingerprint density at radius 3 is 2.71 bits per heavy atom. The summed E-state index contributed by atoms with van der Waals surface area (Å²) in [5, 5.41) is 15.8. The van der Waals surface area contributed by atoms with Gasteiger partial charge in [0, 0.05) is 46.4 Å². The van der Waals surface area contributed by atoms with Crippen molar-refractivity contribution in [3.8, 4) is 6.07 Å². The van der Waals surface area contributed by atoms with Crippen LogP contribution in [-0.4, -0.2) is 50.2 Å². The zero-order chi connectivity index (χ0) is 24.5. The molecule has 0 saturated heterocycles. The number of fused-ring (bicyclic) bond motifs is 1. The monoisotopic (exact) mass is 476 g/mol. The molecule has 0 unspecified atom stereocenters. The van der Waals surface area contributed by atoms with Crippen LogP contribution in [0.25, 0.3) is 0 Å². The minimum atomic E-state index is -2.34. The molecule has 0 spiro atoms. The zero-order valence-corrected chi connectivity index (χ0v) is 20.8. The van der Waals surface area contributed by atoms with Crippen molar-refractivity contribution in [1.82, 2.24) is 19.9 Å². The SMILES string of the molecule is CN1Cc2cc(Nc3ncc(C#N)c(Nc4cccc(N=S(C)(C)=O)n4)n3)ccc2C(C)(C)C1. The number of rotatable bonds is 5. The Morgan fingerprint density at radius 2 is 1.97 bits per heavy atom. The first-order valence-corrected chi connectivity index (χ1v) is 13.1. The first-order chi connectivity index (χ1) is 16.0. The van der Waals surface area contributed by atoms with Crippen LogP contribution in [-0.2, 0) is 21.7 Å². The number of hydrogen-bond acceptors (Lipinski definition) is 9. The van der Waals surface area contributed by atoms with Gasteiger partial charge in [0.25, 0.3) is 0 Å². The Hall–Kier alpha value is -3.55. The van der Waals surface area contributed by atoms with E-state index in [4.69, 9.17) is 0 Å².